The lowest BCUT2D eigenvalue weighted by atomic mass is 10.1. The van der Waals surface area contributed by atoms with E-state index in [1.807, 2.05) is 12.4 Å². The van der Waals surface area contributed by atoms with Gasteiger partial charge in [0.05, 0.1) is 11.2 Å². The fourth-order valence-corrected chi connectivity index (χ4v) is 2.48. The number of fused-ring (bicyclic) bond motifs is 1. The zero-order chi connectivity index (χ0) is 11.2. The van der Waals surface area contributed by atoms with Crippen molar-refractivity contribution >= 4 is 16.7 Å². The van der Waals surface area contributed by atoms with Crippen molar-refractivity contribution in [2.24, 2.45) is 0 Å². The van der Waals surface area contributed by atoms with Crippen molar-refractivity contribution in [2.75, 3.05) is 18.0 Å². The van der Waals surface area contributed by atoms with E-state index in [0.29, 0.717) is 0 Å². The Morgan fingerprint density at radius 3 is 2.76 bits per heavy atom. The van der Waals surface area contributed by atoms with Crippen LogP contribution in [0.1, 0.15) is 30.7 Å². The Bertz CT molecular complexity index is 571. The van der Waals surface area contributed by atoms with Crippen molar-refractivity contribution < 1.29 is 0 Å². The van der Waals surface area contributed by atoms with Gasteiger partial charge in [0.1, 0.15) is 5.52 Å². The van der Waals surface area contributed by atoms with E-state index in [0.717, 1.165) is 30.0 Å². The highest BCUT2D eigenvalue weighted by Crippen LogP contribution is 2.40. The zero-order valence-corrected chi connectivity index (χ0v) is 9.76. The minimum Gasteiger partial charge on any atom is -0.370 e. The second-order valence-electron chi connectivity index (χ2n) is 5.08. The average Bonchev–Trinajstić information content (AvgIpc) is 3.10. The molecule has 3 nitrogen and oxygen atoms in total. The molecule has 0 bridgehead atoms. The maximum Gasteiger partial charge on any atom is 0.112 e. The standard InChI is InChI=1S/C14H15N3/c1-6-17(7-1)13-4-5-15-12-8-11(10-2-3-10)9-16-14(12)13/h4-5,8-10H,1-3,6-7H2. The first-order valence-corrected chi connectivity index (χ1v) is 6.41. The summed E-state index contributed by atoms with van der Waals surface area (Å²) in [5, 5.41) is 0. The molecule has 2 fully saturated rings. The number of nitrogens with zero attached hydrogens (tertiary/aromatic N) is 3. The molecule has 3 heterocycles. The Morgan fingerprint density at radius 2 is 2.06 bits per heavy atom. The summed E-state index contributed by atoms with van der Waals surface area (Å²) in [6, 6.07) is 4.31. The Kier molecular flexibility index (Phi) is 1.89. The van der Waals surface area contributed by atoms with Crippen LogP contribution < -0.4 is 4.90 Å². The number of anilines is 1. The van der Waals surface area contributed by atoms with Gasteiger partial charge in [0.2, 0.25) is 0 Å². The van der Waals surface area contributed by atoms with E-state index in [9.17, 15) is 0 Å². The minimum atomic E-state index is 0.751. The number of pyridine rings is 2. The van der Waals surface area contributed by atoms with Gasteiger partial charge < -0.3 is 4.90 Å². The van der Waals surface area contributed by atoms with Crippen LogP contribution in [0.15, 0.2) is 24.5 Å². The third-order valence-electron chi connectivity index (χ3n) is 3.82. The van der Waals surface area contributed by atoms with Gasteiger partial charge in [0.15, 0.2) is 0 Å². The molecule has 0 spiro atoms. The monoisotopic (exact) mass is 225 g/mol. The zero-order valence-electron chi connectivity index (χ0n) is 9.76. The molecule has 4 rings (SSSR count). The fourth-order valence-electron chi connectivity index (χ4n) is 2.48. The normalized spacial score (nSPS) is 19.4. The van der Waals surface area contributed by atoms with Crippen LogP contribution in [0.25, 0.3) is 11.0 Å². The van der Waals surface area contributed by atoms with Crippen LogP contribution in [0.4, 0.5) is 5.69 Å². The van der Waals surface area contributed by atoms with Gasteiger partial charge in [-0.25, -0.2) is 0 Å². The molecule has 0 amide bonds. The van der Waals surface area contributed by atoms with Crippen molar-refractivity contribution in [3.63, 3.8) is 0 Å². The molecule has 0 radical (unpaired) electrons. The van der Waals surface area contributed by atoms with Crippen molar-refractivity contribution in [2.45, 2.75) is 25.2 Å². The molecule has 17 heavy (non-hydrogen) atoms. The second kappa shape index (κ2) is 3.42. The number of aromatic nitrogens is 2. The summed E-state index contributed by atoms with van der Waals surface area (Å²) in [6.07, 6.45) is 7.89. The van der Waals surface area contributed by atoms with Crippen molar-refractivity contribution in [1.29, 1.82) is 0 Å². The lowest BCUT2D eigenvalue weighted by molar-refractivity contribution is 0.619. The summed E-state index contributed by atoms with van der Waals surface area (Å²) >= 11 is 0. The predicted octanol–water partition coefficient (Wildman–Crippen LogP) is 2.72. The van der Waals surface area contributed by atoms with Gasteiger partial charge in [-0.05, 0) is 42.9 Å². The van der Waals surface area contributed by atoms with Crippen molar-refractivity contribution in [3.05, 3.63) is 30.1 Å². The molecule has 1 aliphatic heterocycles. The molecule has 0 N–H and O–H groups in total. The van der Waals surface area contributed by atoms with E-state index in [2.05, 4.69) is 27.0 Å². The average molecular weight is 225 g/mol. The van der Waals surface area contributed by atoms with Crippen LogP contribution in [-0.4, -0.2) is 23.1 Å². The van der Waals surface area contributed by atoms with E-state index in [1.165, 1.54) is 30.5 Å². The molecule has 3 heteroatoms. The largest absolute Gasteiger partial charge is 0.370 e. The molecule has 2 aromatic rings. The highest BCUT2D eigenvalue weighted by atomic mass is 15.2. The summed E-state index contributed by atoms with van der Waals surface area (Å²) in [5.74, 6) is 0.751. The van der Waals surface area contributed by atoms with E-state index in [1.54, 1.807) is 0 Å². The first-order valence-electron chi connectivity index (χ1n) is 6.41. The van der Waals surface area contributed by atoms with Gasteiger partial charge in [-0.15, -0.1) is 0 Å². The molecular formula is C14H15N3. The van der Waals surface area contributed by atoms with E-state index >= 15 is 0 Å². The summed E-state index contributed by atoms with van der Waals surface area (Å²) < 4.78 is 0. The maximum atomic E-state index is 4.64. The maximum absolute atomic E-state index is 4.64. The lowest BCUT2D eigenvalue weighted by Crippen LogP contribution is -2.37. The Morgan fingerprint density at radius 1 is 1.18 bits per heavy atom. The van der Waals surface area contributed by atoms with Crippen molar-refractivity contribution in [1.82, 2.24) is 9.97 Å². The fraction of sp³-hybridized carbons (Fsp3) is 0.429. The van der Waals surface area contributed by atoms with E-state index in [4.69, 9.17) is 0 Å². The predicted molar refractivity (Wildman–Crippen MR) is 68.3 cm³/mol. The van der Waals surface area contributed by atoms with Crippen LogP contribution in [0.2, 0.25) is 0 Å². The lowest BCUT2D eigenvalue weighted by Gasteiger charge is -2.33. The molecule has 0 unspecified atom stereocenters. The highest BCUT2D eigenvalue weighted by Gasteiger charge is 2.25. The Balaban J connectivity index is 1.85. The quantitative estimate of drug-likeness (QED) is 0.787. The third-order valence-corrected chi connectivity index (χ3v) is 3.82. The van der Waals surface area contributed by atoms with Gasteiger partial charge in [-0.1, -0.05) is 0 Å². The topological polar surface area (TPSA) is 29.0 Å². The van der Waals surface area contributed by atoms with E-state index < -0.39 is 0 Å². The molecule has 1 saturated carbocycles. The summed E-state index contributed by atoms with van der Waals surface area (Å²) in [4.78, 5) is 11.5. The summed E-state index contributed by atoms with van der Waals surface area (Å²) in [7, 11) is 0. The molecule has 0 aromatic carbocycles. The van der Waals surface area contributed by atoms with Crippen LogP contribution in [-0.2, 0) is 0 Å². The number of hydrogen-bond acceptors (Lipinski definition) is 3. The van der Waals surface area contributed by atoms with Gasteiger partial charge in [0, 0.05) is 25.5 Å². The number of rotatable bonds is 2. The number of hydrogen-bond donors (Lipinski definition) is 0. The smallest absolute Gasteiger partial charge is 0.112 e. The summed E-state index contributed by atoms with van der Waals surface area (Å²) in [5.41, 5.74) is 4.74. The Labute approximate surface area is 100 Å². The van der Waals surface area contributed by atoms with Crippen LogP contribution in [0.5, 0.6) is 0 Å². The minimum absolute atomic E-state index is 0.751. The highest BCUT2D eigenvalue weighted by molar-refractivity contribution is 5.88. The van der Waals surface area contributed by atoms with Crippen molar-refractivity contribution in [3.8, 4) is 0 Å². The molecule has 1 aliphatic carbocycles. The molecule has 2 aromatic heterocycles. The molecule has 0 atom stereocenters. The second-order valence-corrected chi connectivity index (χ2v) is 5.08. The molecular weight excluding hydrogens is 210 g/mol. The van der Waals surface area contributed by atoms with Gasteiger partial charge in [0.25, 0.3) is 0 Å². The third kappa shape index (κ3) is 1.49. The van der Waals surface area contributed by atoms with E-state index in [-0.39, 0.29) is 0 Å². The van der Waals surface area contributed by atoms with Crippen LogP contribution >= 0.6 is 0 Å². The SMILES string of the molecule is c1cc(N2CCC2)c2ncc(C3CC3)cc2n1. The van der Waals surface area contributed by atoms with Crippen LogP contribution in [0.3, 0.4) is 0 Å². The van der Waals surface area contributed by atoms with Gasteiger partial charge in [-0.2, -0.15) is 0 Å². The first-order chi connectivity index (χ1) is 8.42. The first kappa shape index (κ1) is 9.40. The van der Waals surface area contributed by atoms with Gasteiger partial charge in [-0.3, -0.25) is 9.97 Å². The molecule has 1 saturated heterocycles. The van der Waals surface area contributed by atoms with Gasteiger partial charge >= 0.3 is 0 Å². The Hall–Kier alpha value is -1.64. The van der Waals surface area contributed by atoms with Crippen LogP contribution in [0, 0.1) is 0 Å². The molecule has 86 valence electrons. The molecule has 2 aliphatic rings. The summed E-state index contributed by atoms with van der Waals surface area (Å²) in [6.45, 7) is 2.32.